The molecule has 0 spiro atoms. The minimum atomic E-state index is 0.127. The fourth-order valence-corrected chi connectivity index (χ4v) is 4.98. The Morgan fingerprint density at radius 1 is 0.967 bits per heavy atom. The summed E-state index contributed by atoms with van der Waals surface area (Å²) in [4.78, 5) is 23.8. The van der Waals surface area contributed by atoms with E-state index >= 15 is 0 Å². The summed E-state index contributed by atoms with van der Waals surface area (Å²) in [5.74, 6) is 0.629. The van der Waals surface area contributed by atoms with Crippen LogP contribution in [-0.2, 0) is 0 Å². The molecule has 1 amide bonds. The highest BCUT2D eigenvalue weighted by atomic mass is 32.2. The van der Waals surface area contributed by atoms with Gasteiger partial charge in [0.25, 0.3) is 5.91 Å². The van der Waals surface area contributed by atoms with E-state index in [4.69, 9.17) is 0 Å². The molecule has 5 rings (SSSR count). The number of benzene rings is 2. The van der Waals surface area contributed by atoms with E-state index in [0.717, 1.165) is 41.4 Å². The van der Waals surface area contributed by atoms with Gasteiger partial charge < -0.3 is 9.88 Å². The number of fused-ring (bicyclic) bond motifs is 1. The zero-order valence-corrected chi connectivity index (χ0v) is 17.4. The lowest BCUT2D eigenvalue weighted by molar-refractivity contribution is 0.0713. The number of hydrogen-bond donors (Lipinski definition) is 1. The molecular formula is C25H23N3OS. The van der Waals surface area contributed by atoms with Crippen molar-refractivity contribution in [2.75, 3.05) is 13.1 Å². The molecule has 2 aromatic heterocycles. The molecule has 0 unspecified atom stereocenters. The maximum atomic E-state index is 13.0. The molecule has 4 aromatic rings. The van der Waals surface area contributed by atoms with Gasteiger partial charge in [-0.05, 0) is 66.8 Å². The third-order valence-electron chi connectivity index (χ3n) is 5.80. The number of nitrogens with zero attached hydrogens (tertiary/aromatic N) is 2. The first-order chi connectivity index (χ1) is 14.8. The van der Waals surface area contributed by atoms with Crippen molar-refractivity contribution in [1.29, 1.82) is 0 Å². The van der Waals surface area contributed by atoms with Crippen molar-refractivity contribution in [3.05, 3.63) is 90.3 Å². The number of H-pyrrole nitrogens is 1. The van der Waals surface area contributed by atoms with Crippen molar-refractivity contribution in [2.24, 2.45) is 0 Å². The van der Waals surface area contributed by atoms with E-state index in [0.29, 0.717) is 5.92 Å². The number of aromatic nitrogens is 2. The smallest absolute Gasteiger partial charge is 0.253 e. The standard InChI is InChI=1S/C25H23N3OS/c29-25(19-8-10-20(11-9-19)30-24-7-3-4-14-26-24)28-15-12-18(13-16-28)22-17-27-23-6-2-1-5-21(22)23/h1-11,14,17-18,27H,12-13,15-16H2. The number of para-hydroxylation sites is 1. The summed E-state index contributed by atoms with van der Waals surface area (Å²) < 4.78 is 0. The van der Waals surface area contributed by atoms with Gasteiger partial charge in [-0.3, -0.25) is 4.79 Å². The van der Waals surface area contributed by atoms with E-state index < -0.39 is 0 Å². The molecule has 2 aromatic carbocycles. The molecule has 0 saturated carbocycles. The predicted octanol–water partition coefficient (Wildman–Crippen LogP) is 5.73. The lowest BCUT2D eigenvalue weighted by atomic mass is 9.89. The van der Waals surface area contributed by atoms with Crippen LogP contribution < -0.4 is 0 Å². The molecule has 1 N–H and O–H groups in total. The Morgan fingerprint density at radius 3 is 2.50 bits per heavy atom. The van der Waals surface area contributed by atoms with Gasteiger partial charge in [-0.1, -0.05) is 36.0 Å². The first-order valence-electron chi connectivity index (χ1n) is 10.3. The first-order valence-corrected chi connectivity index (χ1v) is 11.1. The monoisotopic (exact) mass is 413 g/mol. The molecule has 0 aliphatic carbocycles. The van der Waals surface area contributed by atoms with E-state index in [1.165, 1.54) is 16.5 Å². The molecule has 1 saturated heterocycles. The zero-order valence-electron chi connectivity index (χ0n) is 16.6. The topological polar surface area (TPSA) is 49.0 Å². The molecular weight excluding hydrogens is 390 g/mol. The Kier molecular flexibility index (Phi) is 5.28. The van der Waals surface area contributed by atoms with Gasteiger partial charge in [-0.25, -0.2) is 4.98 Å². The molecule has 1 aliphatic rings. The number of piperidine rings is 1. The molecule has 4 nitrogen and oxygen atoms in total. The molecule has 30 heavy (non-hydrogen) atoms. The van der Waals surface area contributed by atoms with E-state index in [-0.39, 0.29) is 5.91 Å². The number of rotatable bonds is 4. The van der Waals surface area contributed by atoms with Crippen LogP contribution in [0.2, 0.25) is 0 Å². The third kappa shape index (κ3) is 3.85. The lowest BCUT2D eigenvalue weighted by Gasteiger charge is -2.32. The highest BCUT2D eigenvalue weighted by molar-refractivity contribution is 7.99. The number of carbonyl (C=O) groups is 1. The number of likely N-dealkylation sites (tertiary alicyclic amines) is 1. The molecule has 5 heteroatoms. The van der Waals surface area contributed by atoms with Gasteiger partial charge in [-0.15, -0.1) is 0 Å². The SMILES string of the molecule is O=C(c1ccc(Sc2ccccn2)cc1)N1CCC(c2c[nH]c3ccccc23)CC1. The van der Waals surface area contributed by atoms with Gasteiger partial charge in [0.05, 0.1) is 0 Å². The predicted molar refractivity (Wildman–Crippen MR) is 121 cm³/mol. The van der Waals surface area contributed by atoms with Crippen LogP contribution in [0.4, 0.5) is 0 Å². The molecule has 150 valence electrons. The molecule has 1 fully saturated rings. The molecule has 1 aliphatic heterocycles. The second-order valence-corrected chi connectivity index (χ2v) is 8.74. The van der Waals surface area contributed by atoms with Crippen molar-refractivity contribution in [2.45, 2.75) is 28.7 Å². The van der Waals surface area contributed by atoms with Gasteiger partial charge in [0.1, 0.15) is 5.03 Å². The fourth-order valence-electron chi connectivity index (χ4n) is 4.20. The largest absolute Gasteiger partial charge is 0.361 e. The van der Waals surface area contributed by atoms with Crippen LogP contribution in [0.25, 0.3) is 10.9 Å². The average Bonchev–Trinajstić information content (AvgIpc) is 3.24. The van der Waals surface area contributed by atoms with Crippen molar-refractivity contribution in [3.8, 4) is 0 Å². The number of carbonyl (C=O) groups excluding carboxylic acids is 1. The number of pyridine rings is 1. The van der Waals surface area contributed by atoms with Crippen LogP contribution in [0.15, 0.2) is 89.0 Å². The fraction of sp³-hybridized carbons (Fsp3) is 0.200. The van der Waals surface area contributed by atoms with Crippen molar-refractivity contribution < 1.29 is 4.79 Å². The lowest BCUT2D eigenvalue weighted by Crippen LogP contribution is -2.37. The Hall–Kier alpha value is -3.05. The molecule has 0 atom stereocenters. The number of aromatic amines is 1. The number of hydrogen-bond acceptors (Lipinski definition) is 3. The average molecular weight is 414 g/mol. The minimum absolute atomic E-state index is 0.127. The number of nitrogens with one attached hydrogen (secondary N) is 1. The minimum Gasteiger partial charge on any atom is -0.361 e. The van der Waals surface area contributed by atoms with Crippen LogP contribution in [0.3, 0.4) is 0 Å². The molecule has 0 bridgehead atoms. The summed E-state index contributed by atoms with van der Waals surface area (Å²) in [6, 6.07) is 22.2. The van der Waals surface area contributed by atoms with Crippen molar-refractivity contribution >= 4 is 28.6 Å². The summed E-state index contributed by atoms with van der Waals surface area (Å²) in [6.45, 7) is 1.60. The van der Waals surface area contributed by atoms with Gasteiger partial charge in [0, 0.05) is 46.8 Å². The Labute approximate surface area is 180 Å². The Balaban J connectivity index is 1.22. The summed E-state index contributed by atoms with van der Waals surface area (Å²) in [5.41, 5.74) is 3.33. The van der Waals surface area contributed by atoms with Crippen LogP contribution in [0, 0.1) is 0 Å². The van der Waals surface area contributed by atoms with Gasteiger partial charge >= 0.3 is 0 Å². The van der Waals surface area contributed by atoms with Crippen molar-refractivity contribution in [3.63, 3.8) is 0 Å². The third-order valence-corrected chi connectivity index (χ3v) is 6.76. The van der Waals surface area contributed by atoms with Crippen LogP contribution >= 0.6 is 11.8 Å². The normalized spacial score (nSPS) is 14.9. The summed E-state index contributed by atoms with van der Waals surface area (Å²) in [5, 5.41) is 2.26. The summed E-state index contributed by atoms with van der Waals surface area (Å²) >= 11 is 1.60. The second kappa shape index (κ2) is 8.36. The quantitative estimate of drug-likeness (QED) is 0.464. The van der Waals surface area contributed by atoms with Crippen LogP contribution in [0.5, 0.6) is 0 Å². The number of amides is 1. The summed E-state index contributed by atoms with van der Waals surface area (Å²) in [6.07, 6.45) is 5.94. The van der Waals surface area contributed by atoms with E-state index in [1.807, 2.05) is 47.4 Å². The second-order valence-electron chi connectivity index (χ2n) is 7.65. The maximum Gasteiger partial charge on any atom is 0.253 e. The van der Waals surface area contributed by atoms with Crippen LogP contribution in [0.1, 0.15) is 34.7 Å². The van der Waals surface area contributed by atoms with Crippen LogP contribution in [-0.4, -0.2) is 33.9 Å². The highest BCUT2D eigenvalue weighted by Gasteiger charge is 2.26. The Bertz CT molecular complexity index is 1150. The van der Waals surface area contributed by atoms with Crippen molar-refractivity contribution in [1.82, 2.24) is 14.9 Å². The zero-order chi connectivity index (χ0) is 20.3. The summed E-state index contributed by atoms with van der Waals surface area (Å²) in [7, 11) is 0. The highest BCUT2D eigenvalue weighted by Crippen LogP contribution is 2.33. The molecule has 3 heterocycles. The van der Waals surface area contributed by atoms with E-state index in [9.17, 15) is 4.79 Å². The maximum absolute atomic E-state index is 13.0. The van der Waals surface area contributed by atoms with Gasteiger partial charge in [0.2, 0.25) is 0 Å². The first kappa shape index (κ1) is 18.9. The Morgan fingerprint density at radius 2 is 1.73 bits per heavy atom. The van der Waals surface area contributed by atoms with Gasteiger partial charge in [-0.2, -0.15) is 0 Å². The van der Waals surface area contributed by atoms with E-state index in [1.54, 1.807) is 18.0 Å². The van der Waals surface area contributed by atoms with E-state index in [2.05, 4.69) is 40.4 Å². The molecule has 0 radical (unpaired) electrons. The van der Waals surface area contributed by atoms with Gasteiger partial charge in [0.15, 0.2) is 0 Å².